The van der Waals surface area contributed by atoms with Crippen molar-refractivity contribution in [2.75, 3.05) is 6.54 Å². The molecule has 1 unspecified atom stereocenters. The number of nitrogens with zero attached hydrogens (tertiary/aromatic N) is 1. The molecule has 1 fully saturated rings. The number of carbonyl (C=O) groups is 1. The van der Waals surface area contributed by atoms with Gasteiger partial charge >= 0.3 is 6.09 Å². The molecule has 3 rings (SSSR count). The quantitative estimate of drug-likeness (QED) is 0.806. The number of hydrogen-bond donors (Lipinski definition) is 1. The third-order valence-electron chi connectivity index (χ3n) is 3.63. The lowest BCUT2D eigenvalue weighted by atomic mass is 10.1. The molecule has 3 atom stereocenters. The minimum atomic E-state index is -0.557. The minimum absolute atomic E-state index is 0.280. The molecule has 1 aromatic rings. The molecule has 0 aromatic heterocycles. The van der Waals surface area contributed by atoms with Crippen LogP contribution in [0, 0.1) is 0 Å². The molecule has 4 heteroatoms. The van der Waals surface area contributed by atoms with Crippen LogP contribution in [0.25, 0.3) is 0 Å². The van der Waals surface area contributed by atoms with Crippen LogP contribution in [0.15, 0.2) is 36.9 Å². The van der Waals surface area contributed by atoms with Crippen LogP contribution in [-0.2, 0) is 11.2 Å². The Morgan fingerprint density at radius 3 is 2.94 bits per heavy atom. The van der Waals surface area contributed by atoms with Crippen molar-refractivity contribution in [1.29, 1.82) is 0 Å². The first-order chi connectivity index (χ1) is 8.70. The van der Waals surface area contributed by atoms with Crippen molar-refractivity contribution in [3.63, 3.8) is 0 Å². The molecule has 1 aromatic carbocycles. The molecule has 1 N–H and O–H groups in total. The maximum Gasteiger partial charge on any atom is 0.411 e. The predicted octanol–water partition coefficient (Wildman–Crippen LogP) is 1.65. The van der Waals surface area contributed by atoms with Gasteiger partial charge in [0.05, 0.1) is 18.7 Å². The standard InChI is InChI=1S/C14H15NO3/c1-2-10-8-15(14(17)18-10)13-11-6-4-3-5-9(11)7-12(13)16/h2-6,10,12-13,16H,1,7-8H2/t10?,12-,13+/m0/s1. The van der Waals surface area contributed by atoms with Gasteiger partial charge in [0.2, 0.25) is 0 Å². The van der Waals surface area contributed by atoms with E-state index in [-0.39, 0.29) is 18.2 Å². The van der Waals surface area contributed by atoms with Gasteiger partial charge in [0.1, 0.15) is 6.10 Å². The molecule has 1 heterocycles. The summed E-state index contributed by atoms with van der Waals surface area (Å²) in [6.07, 6.45) is 0.991. The van der Waals surface area contributed by atoms with E-state index in [9.17, 15) is 9.90 Å². The van der Waals surface area contributed by atoms with Crippen molar-refractivity contribution in [1.82, 2.24) is 4.90 Å². The lowest BCUT2D eigenvalue weighted by molar-refractivity contribution is 0.0799. The molecule has 1 saturated heterocycles. The SMILES string of the molecule is C=CC1CN([C@@H]2c3ccccc3C[C@@H]2O)C(=O)O1. The zero-order chi connectivity index (χ0) is 12.7. The van der Waals surface area contributed by atoms with Gasteiger partial charge in [0.25, 0.3) is 0 Å². The van der Waals surface area contributed by atoms with Gasteiger partial charge in [-0.3, -0.25) is 4.90 Å². The second-order valence-corrected chi connectivity index (χ2v) is 4.73. The van der Waals surface area contributed by atoms with Crippen molar-refractivity contribution < 1.29 is 14.6 Å². The van der Waals surface area contributed by atoms with Gasteiger partial charge in [-0.15, -0.1) is 0 Å². The monoisotopic (exact) mass is 245 g/mol. The normalized spacial score (nSPS) is 30.2. The van der Waals surface area contributed by atoms with Gasteiger partial charge in [-0.1, -0.05) is 30.8 Å². The first kappa shape index (κ1) is 11.3. The van der Waals surface area contributed by atoms with Gasteiger partial charge in [-0.25, -0.2) is 4.79 Å². The van der Waals surface area contributed by atoms with Crippen LogP contribution in [0.3, 0.4) is 0 Å². The summed E-state index contributed by atoms with van der Waals surface area (Å²) < 4.78 is 5.16. The molecular formula is C14H15NO3. The van der Waals surface area contributed by atoms with Crippen LogP contribution in [0.1, 0.15) is 17.2 Å². The maximum absolute atomic E-state index is 11.8. The molecule has 0 radical (unpaired) electrons. The minimum Gasteiger partial charge on any atom is -0.440 e. The lowest BCUT2D eigenvalue weighted by Crippen LogP contribution is -2.35. The van der Waals surface area contributed by atoms with Gasteiger partial charge in [-0.05, 0) is 17.2 Å². The first-order valence-electron chi connectivity index (χ1n) is 6.06. The highest BCUT2D eigenvalue weighted by Gasteiger charge is 2.42. The zero-order valence-electron chi connectivity index (χ0n) is 9.95. The number of hydrogen-bond acceptors (Lipinski definition) is 3. The van der Waals surface area contributed by atoms with Crippen LogP contribution in [0.2, 0.25) is 0 Å². The summed E-state index contributed by atoms with van der Waals surface area (Å²) in [6.45, 7) is 4.09. The fourth-order valence-corrected chi connectivity index (χ4v) is 2.78. The van der Waals surface area contributed by atoms with E-state index in [4.69, 9.17) is 4.74 Å². The van der Waals surface area contributed by atoms with Crippen LogP contribution in [0.4, 0.5) is 4.79 Å². The van der Waals surface area contributed by atoms with Gasteiger partial charge in [0.15, 0.2) is 0 Å². The van der Waals surface area contributed by atoms with Crippen molar-refractivity contribution in [2.45, 2.75) is 24.7 Å². The number of fused-ring (bicyclic) bond motifs is 1. The summed E-state index contributed by atoms with van der Waals surface area (Å²) >= 11 is 0. The van der Waals surface area contributed by atoms with Crippen molar-refractivity contribution >= 4 is 6.09 Å². The van der Waals surface area contributed by atoms with E-state index in [1.807, 2.05) is 24.3 Å². The third kappa shape index (κ3) is 1.61. The van der Waals surface area contributed by atoms with E-state index in [1.54, 1.807) is 11.0 Å². The molecular weight excluding hydrogens is 230 g/mol. The molecule has 0 spiro atoms. The maximum atomic E-state index is 11.8. The Morgan fingerprint density at radius 2 is 2.22 bits per heavy atom. The topological polar surface area (TPSA) is 49.8 Å². The summed E-state index contributed by atoms with van der Waals surface area (Å²) in [5.41, 5.74) is 2.12. The average molecular weight is 245 g/mol. The fraction of sp³-hybridized carbons (Fsp3) is 0.357. The smallest absolute Gasteiger partial charge is 0.411 e. The Kier molecular flexibility index (Phi) is 2.59. The number of ether oxygens (including phenoxy) is 1. The van der Waals surface area contributed by atoms with Gasteiger partial charge in [-0.2, -0.15) is 0 Å². The number of benzene rings is 1. The zero-order valence-corrected chi connectivity index (χ0v) is 9.95. The Balaban J connectivity index is 1.93. The summed E-state index contributed by atoms with van der Waals surface area (Å²) in [5, 5.41) is 10.2. The number of rotatable bonds is 2. The first-order valence-corrected chi connectivity index (χ1v) is 6.06. The second kappa shape index (κ2) is 4.14. The Bertz CT molecular complexity index is 500. The fourth-order valence-electron chi connectivity index (χ4n) is 2.78. The van der Waals surface area contributed by atoms with E-state index >= 15 is 0 Å². The Hall–Kier alpha value is -1.81. The molecule has 2 aliphatic rings. The van der Waals surface area contributed by atoms with E-state index < -0.39 is 6.10 Å². The van der Waals surface area contributed by atoms with Gasteiger partial charge < -0.3 is 9.84 Å². The van der Waals surface area contributed by atoms with E-state index in [0.29, 0.717) is 13.0 Å². The third-order valence-corrected chi connectivity index (χ3v) is 3.63. The second-order valence-electron chi connectivity index (χ2n) is 4.73. The van der Waals surface area contributed by atoms with Crippen molar-refractivity contribution in [3.8, 4) is 0 Å². The highest BCUT2D eigenvalue weighted by atomic mass is 16.6. The molecule has 4 nitrogen and oxygen atoms in total. The highest BCUT2D eigenvalue weighted by Crippen LogP contribution is 2.38. The average Bonchev–Trinajstić information content (AvgIpc) is 2.88. The van der Waals surface area contributed by atoms with Crippen LogP contribution >= 0.6 is 0 Å². The highest BCUT2D eigenvalue weighted by molar-refractivity contribution is 5.71. The Labute approximate surface area is 105 Å². The Morgan fingerprint density at radius 1 is 1.44 bits per heavy atom. The lowest BCUT2D eigenvalue weighted by Gasteiger charge is -2.25. The molecule has 1 aliphatic heterocycles. The van der Waals surface area contributed by atoms with Crippen molar-refractivity contribution in [2.24, 2.45) is 0 Å². The number of carbonyl (C=O) groups excluding carboxylic acids is 1. The van der Waals surface area contributed by atoms with E-state index in [0.717, 1.165) is 11.1 Å². The summed E-state index contributed by atoms with van der Waals surface area (Å²) in [7, 11) is 0. The van der Waals surface area contributed by atoms with Gasteiger partial charge in [0, 0.05) is 6.42 Å². The van der Waals surface area contributed by atoms with Crippen LogP contribution < -0.4 is 0 Å². The number of cyclic esters (lactones) is 1. The summed E-state index contributed by atoms with van der Waals surface area (Å²) in [4.78, 5) is 13.4. The number of amides is 1. The van der Waals surface area contributed by atoms with E-state index in [1.165, 1.54) is 0 Å². The summed E-state index contributed by atoms with van der Waals surface area (Å²) in [5.74, 6) is 0. The summed E-state index contributed by atoms with van der Waals surface area (Å²) in [6, 6.07) is 7.54. The van der Waals surface area contributed by atoms with Crippen LogP contribution in [0.5, 0.6) is 0 Å². The molecule has 0 bridgehead atoms. The molecule has 1 amide bonds. The number of aliphatic hydroxyl groups excluding tert-OH is 1. The predicted molar refractivity (Wildman–Crippen MR) is 66.1 cm³/mol. The molecule has 1 aliphatic carbocycles. The largest absolute Gasteiger partial charge is 0.440 e. The molecule has 18 heavy (non-hydrogen) atoms. The number of aliphatic hydroxyl groups is 1. The van der Waals surface area contributed by atoms with Crippen LogP contribution in [-0.4, -0.2) is 34.9 Å². The molecule has 0 saturated carbocycles. The van der Waals surface area contributed by atoms with E-state index in [2.05, 4.69) is 6.58 Å². The molecule has 94 valence electrons. The van der Waals surface area contributed by atoms with Crippen molar-refractivity contribution in [3.05, 3.63) is 48.0 Å².